The number of anilines is 2. The van der Waals surface area contributed by atoms with Crippen LogP contribution in [-0.4, -0.2) is 19.1 Å². The van der Waals surface area contributed by atoms with Gasteiger partial charge in [-0.15, -0.1) is 0 Å². The van der Waals surface area contributed by atoms with Crippen molar-refractivity contribution in [1.82, 2.24) is 0 Å². The molecule has 4 nitrogen and oxygen atoms in total. The van der Waals surface area contributed by atoms with Crippen molar-refractivity contribution in [1.29, 1.82) is 0 Å². The van der Waals surface area contributed by atoms with Crippen LogP contribution in [0.3, 0.4) is 0 Å². The molecule has 0 aliphatic carbocycles. The maximum Gasteiger partial charge on any atom is 0.259 e. The van der Waals surface area contributed by atoms with Crippen molar-refractivity contribution < 1.29 is 13.9 Å². The first-order valence-electron chi connectivity index (χ1n) is 6.72. The maximum atomic E-state index is 13.5. The van der Waals surface area contributed by atoms with Crippen LogP contribution in [0.4, 0.5) is 15.8 Å². The van der Waals surface area contributed by atoms with E-state index in [1.807, 2.05) is 6.07 Å². The monoisotopic (exact) mass is 286 g/mol. The molecule has 2 aromatic carbocycles. The molecule has 0 saturated heterocycles. The lowest BCUT2D eigenvalue weighted by Gasteiger charge is -2.21. The van der Waals surface area contributed by atoms with Crippen molar-refractivity contribution in [3.63, 3.8) is 0 Å². The van der Waals surface area contributed by atoms with E-state index >= 15 is 0 Å². The van der Waals surface area contributed by atoms with Gasteiger partial charge in [-0.1, -0.05) is 12.1 Å². The average Bonchev–Trinajstić information content (AvgIpc) is 2.50. The molecular formula is C16H15FN2O2. The number of carbonyl (C=O) groups is 1. The Labute approximate surface area is 121 Å². The number of nitrogens with one attached hydrogen (secondary N) is 2. The SMILES string of the molecule is Cc1ccc(NC(=O)c2cccc3c2OCCN3)cc1F. The molecule has 0 fully saturated rings. The molecule has 1 aliphatic rings. The van der Waals surface area contributed by atoms with Crippen LogP contribution in [0, 0.1) is 12.7 Å². The number of ether oxygens (including phenoxy) is 1. The lowest BCUT2D eigenvalue weighted by Crippen LogP contribution is -2.21. The molecule has 1 amide bonds. The number of halogens is 1. The van der Waals surface area contributed by atoms with E-state index in [0.717, 1.165) is 5.69 Å². The predicted octanol–water partition coefficient (Wildman–Crippen LogP) is 3.19. The van der Waals surface area contributed by atoms with E-state index < -0.39 is 0 Å². The molecule has 5 heteroatoms. The molecule has 0 unspecified atom stereocenters. The summed E-state index contributed by atoms with van der Waals surface area (Å²) in [6, 6.07) is 9.93. The topological polar surface area (TPSA) is 50.4 Å². The summed E-state index contributed by atoms with van der Waals surface area (Å²) in [7, 11) is 0. The number of hydrogen-bond donors (Lipinski definition) is 2. The van der Waals surface area contributed by atoms with Crippen molar-refractivity contribution >= 4 is 17.3 Å². The molecule has 0 radical (unpaired) electrons. The van der Waals surface area contributed by atoms with Gasteiger partial charge >= 0.3 is 0 Å². The summed E-state index contributed by atoms with van der Waals surface area (Å²) < 4.78 is 19.1. The Hall–Kier alpha value is -2.56. The second-order valence-electron chi connectivity index (χ2n) is 4.88. The summed E-state index contributed by atoms with van der Waals surface area (Å²) in [6.45, 7) is 2.89. The van der Waals surface area contributed by atoms with Crippen LogP contribution in [0.5, 0.6) is 5.75 Å². The number of fused-ring (bicyclic) bond motifs is 1. The predicted molar refractivity (Wildman–Crippen MR) is 79.5 cm³/mol. The highest BCUT2D eigenvalue weighted by Gasteiger charge is 2.19. The third kappa shape index (κ3) is 2.67. The molecule has 2 N–H and O–H groups in total. The van der Waals surface area contributed by atoms with Crippen molar-refractivity contribution in [3.8, 4) is 5.75 Å². The van der Waals surface area contributed by atoms with Gasteiger partial charge in [0.15, 0.2) is 5.75 Å². The number of rotatable bonds is 2. The van der Waals surface area contributed by atoms with Gasteiger partial charge in [0, 0.05) is 12.2 Å². The van der Waals surface area contributed by atoms with Crippen LogP contribution < -0.4 is 15.4 Å². The van der Waals surface area contributed by atoms with Gasteiger partial charge in [0.1, 0.15) is 12.4 Å². The molecule has 1 aliphatic heterocycles. The van der Waals surface area contributed by atoms with E-state index in [0.29, 0.717) is 35.7 Å². The van der Waals surface area contributed by atoms with Gasteiger partial charge in [0.25, 0.3) is 5.91 Å². The van der Waals surface area contributed by atoms with E-state index in [-0.39, 0.29) is 11.7 Å². The van der Waals surface area contributed by atoms with Crippen molar-refractivity contribution in [3.05, 3.63) is 53.3 Å². The Balaban J connectivity index is 1.87. The second-order valence-corrected chi connectivity index (χ2v) is 4.88. The molecule has 0 bridgehead atoms. The molecule has 2 aromatic rings. The summed E-state index contributed by atoms with van der Waals surface area (Å²) >= 11 is 0. The smallest absolute Gasteiger partial charge is 0.259 e. The zero-order valence-corrected chi connectivity index (χ0v) is 11.6. The van der Waals surface area contributed by atoms with Gasteiger partial charge in [-0.2, -0.15) is 0 Å². The van der Waals surface area contributed by atoms with E-state index in [1.54, 1.807) is 31.2 Å². The molecule has 0 spiro atoms. The zero-order chi connectivity index (χ0) is 14.8. The number of para-hydroxylation sites is 1. The van der Waals surface area contributed by atoms with Gasteiger partial charge in [-0.05, 0) is 36.8 Å². The second kappa shape index (κ2) is 5.44. The van der Waals surface area contributed by atoms with E-state index in [2.05, 4.69) is 10.6 Å². The van der Waals surface area contributed by atoms with E-state index in [4.69, 9.17) is 4.74 Å². The fraction of sp³-hybridized carbons (Fsp3) is 0.188. The lowest BCUT2D eigenvalue weighted by molar-refractivity contribution is 0.102. The molecule has 3 rings (SSSR count). The highest BCUT2D eigenvalue weighted by Crippen LogP contribution is 2.31. The van der Waals surface area contributed by atoms with Gasteiger partial charge in [0.05, 0.1) is 11.3 Å². The first kappa shape index (κ1) is 13.4. The van der Waals surface area contributed by atoms with Gasteiger partial charge in [-0.25, -0.2) is 4.39 Å². The summed E-state index contributed by atoms with van der Waals surface area (Å²) in [5, 5.41) is 5.86. The maximum absolute atomic E-state index is 13.5. The van der Waals surface area contributed by atoms with Crippen molar-refractivity contribution in [2.75, 3.05) is 23.8 Å². The Bertz CT molecular complexity index is 701. The Kier molecular flexibility index (Phi) is 3.48. The summed E-state index contributed by atoms with van der Waals surface area (Å²) in [5.74, 6) is -0.131. The van der Waals surface area contributed by atoms with E-state index in [1.165, 1.54) is 6.07 Å². The fourth-order valence-electron chi connectivity index (χ4n) is 2.22. The Morgan fingerprint density at radius 1 is 1.33 bits per heavy atom. The average molecular weight is 286 g/mol. The first-order valence-corrected chi connectivity index (χ1v) is 6.72. The van der Waals surface area contributed by atoms with Crippen LogP contribution in [-0.2, 0) is 0 Å². The summed E-state index contributed by atoms with van der Waals surface area (Å²) in [6.07, 6.45) is 0. The summed E-state index contributed by atoms with van der Waals surface area (Å²) in [5.41, 5.74) is 2.19. The highest BCUT2D eigenvalue weighted by atomic mass is 19.1. The Morgan fingerprint density at radius 2 is 2.19 bits per heavy atom. The molecule has 0 aromatic heterocycles. The number of amides is 1. The van der Waals surface area contributed by atoms with Crippen LogP contribution in [0.15, 0.2) is 36.4 Å². The highest BCUT2D eigenvalue weighted by molar-refractivity contribution is 6.07. The van der Waals surface area contributed by atoms with Gasteiger partial charge < -0.3 is 15.4 Å². The molecule has 0 atom stereocenters. The normalized spacial score (nSPS) is 12.9. The fourth-order valence-corrected chi connectivity index (χ4v) is 2.22. The number of benzene rings is 2. The largest absolute Gasteiger partial charge is 0.489 e. The summed E-state index contributed by atoms with van der Waals surface area (Å²) in [4.78, 5) is 12.3. The van der Waals surface area contributed by atoms with Gasteiger partial charge in [-0.3, -0.25) is 4.79 Å². The minimum absolute atomic E-state index is 0.321. The van der Waals surface area contributed by atoms with Crippen LogP contribution >= 0.6 is 0 Å². The van der Waals surface area contributed by atoms with Crippen molar-refractivity contribution in [2.24, 2.45) is 0 Å². The first-order chi connectivity index (χ1) is 10.1. The van der Waals surface area contributed by atoms with Crippen LogP contribution in [0.1, 0.15) is 15.9 Å². The molecule has 108 valence electrons. The Morgan fingerprint density at radius 3 is 3.00 bits per heavy atom. The minimum Gasteiger partial charge on any atom is -0.489 e. The van der Waals surface area contributed by atoms with E-state index in [9.17, 15) is 9.18 Å². The minimum atomic E-state index is -0.346. The van der Waals surface area contributed by atoms with Crippen LogP contribution in [0.2, 0.25) is 0 Å². The molecule has 21 heavy (non-hydrogen) atoms. The standard InChI is InChI=1S/C16H15FN2O2/c1-10-5-6-11(9-13(10)17)19-16(20)12-3-2-4-14-15(12)21-8-7-18-14/h2-6,9,18H,7-8H2,1H3,(H,19,20). The molecule has 0 saturated carbocycles. The lowest BCUT2D eigenvalue weighted by atomic mass is 10.1. The third-order valence-corrected chi connectivity index (χ3v) is 3.35. The number of hydrogen-bond acceptors (Lipinski definition) is 3. The third-order valence-electron chi connectivity index (χ3n) is 3.35. The van der Waals surface area contributed by atoms with Crippen molar-refractivity contribution in [2.45, 2.75) is 6.92 Å². The quantitative estimate of drug-likeness (QED) is 0.891. The number of aryl methyl sites for hydroxylation is 1. The van der Waals surface area contributed by atoms with Crippen LogP contribution in [0.25, 0.3) is 0 Å². The zero-order valence-electron chi connectivity index (χ0n) is 11.6. The molecular weight excluding hydrogens is 271 g/mol. The molecule has 1 heterocycles. The number of carbonyl (C=O) groups excluding carboxylic acids is 1. The van der Waals surface area contributed by atoms with Gasteiger partial charge in [0.2, 0.25) is 0 Å².